The molecule has 1 atom stereocenters. The minimum Gasteiger partial charge on any atom is -0.393 e. The van der Waals surface area contributed by atoms with Crippen LogP contribution in [-0.4, -0.2) is 34.1 Å². The Labute approximate surface area is 173 Å². The van der Waals surface area contributed by atoms with Crippen molar-refractivity contribution >= 4 is 12.2 Å². The molecule has 3 rings (SSSR count). The van der Waals surface area contributed by atoms with E-state index in [1.54, 1.807) is 72.8 Å². The SMILES string of the molecule is N=C=O.N=C=O.OCC(O)(c1ccccc1)C(O)(c1ccccc1)c1ccccc1. The highest BCUT2D eigenvalue weighted by Crippen LogP contribution is 2.45. The largest absolute Gasteiger partial charge is 0.393 e. The summed E-state index contributed by atoms with van der Waals surface area (Å²) in [5.74, 6) is 0. The fourth-order valence-corrected chi connectivity index (χ4v) is 3.13. The molecule has 154 valence electrons. The monoisotopic (exact) mass is 406 g/mol. The fourth-order valence-electron chi connectivity index (χ4n) is 3.13. The third kappa shape index (κ3) is 5.21. The number of aliphatic hydroxyl groups excluding tert-OH is 1. The lowest BCUT2D eigenvalue weighted by molar-refractivity contribution is -0.163. The first-order valence-electron chi connectivity index (χ1n) is 8.76. The van der Waals surface area contributed by atoms with Gasteiger partial charge in [0.2, 0.25) is 12.2 Å². The highest BCUT2D eigenvalue weighted by atomic mass is 16.4. The zero-order valence-electron chi connectivity index (χ0n) is 16.0. The molecule has 0 saturated carbocycles. The van der Waals surface area contributed by atoms with Gasteiger partial charge in [0.05, 0.1) is 6.61 Å². The molecule has 0 amide bonds. The van der Waals surface area contributed by atoms with Gasteiger partial charge in [-0.2, -0.15) is 0 Å². The maximum Gasteiger partial charge on any atom is 0.231 e. The number of aliphatic hydroxyl groups is 3. The first-order valence-corrected chi connectivity index (χ1v) is 8.76. The minimum absolute atomic E-state index is 0.447. The highest BCUT2D eigenvalue weighted by molar-refractivity contribution is 5.43. The van der Waals surface area contributed by atoms with Crippen LogP contribution < -0.4 is 0 Å². The molecular weight excluding hydrogens is 384 g/mol. The summed E-state index contributed by atoms with van der Waals surface area (Å²) in [6.45, 7) is -0.628. The van der Waals surface area contributed by atoms with Crippen LogP contribution in [0.5, 0.6) is 0 Å². The number of hydrogen-bond acceptors (Lipinski definition) is 7. The van der Waals surface area contributed by atoms with Gasteiger partial charge in [-0.3, -0.25) is 0 Å². The van der Waals surface area contributed by atoms with E-state index in [0.29, 0.717) is 16.7 Å². The Morgan fingerprint density at radius 3 is 1.17 bits per heavy atom. The predicted octanol–water partition coefficient (Wildman–Crippen LogP) is 2.60. The molecule has 0 aliphatic heterocycles. The third-order valence-corrected chi connectivity index (χ3v) is 4.46. The van der Waals surface area contributed by atoms with Crippen molar-refractivity contribution in [2.24, 2.45) is 0 Å². The van der Waals surface area contributed by atoms with E-state index in [0.717, 1.165) is 12.2 Å². The van der Waals surface area contributed by atoms with Gasteiger partial charge < -0.3 is 15.3 Å². The van der Waals surface area contributed by atoms with Crippen LogP contribution in [0.3, 0.4) is 0 Å². The standard InChI is InChI=1S/C21H20O3.2CHNO/c22-16-20(23,17-10-4-1-5-11-17)21(24,18-12-6-2-7-13-18)19-14-8-3-9-15-19;2*2-1-3/h1-15,22-24H,16H2;2*2H. The molecule has 30 heavy (non-hydrogen) atoms. The van der Waals surface area contributed by atoms with Crippen molar-refractivity contribution in [3.05, 3.63) is 108 Å². The number of isocyanates is 2. The molecule has 3 aromatic rings. The summed E-state index contributed by atoms with van der Waals surface area (Å²) in [6.07, 6.45) is 1.50. The molecule has 0 bridgehead atoms. The molecule has 0 radical (unpaired) electrons. The zero-order valence-corrected chi connectivity index (χ0v) is 16.0. The van der Waals surface area contributed by atoms with Crippen LogP contribution >= 0.6 is 0 Å². The van der Waals surface area contributed by atoms with Gasteiger partial charge in [0.25, 0.3) is 0 Å². The second-order valence-electron chi connectivity index (χ2n) is 6.03. The lowest BCUT2D eigenvalue weighted by atomic mass is 9.70. The molecule has 0 aromatic heterocycles. The van der Waals surface area contributed by atoms with Crippen molar-refractivity contribution in [2.75, 3.05) is 6.61 Å². The summed E-state index contributed by atoms with van der Waals surface area (Å²) in [4.78, 5) is 16.7. The van der Waals surface area contributed by atoms with Crippen LogP contribution in [0.4, 0.5) is 0 Å². The minimum atomic E-state index is -1.89. The Balaban J connectivity index is 0.000000672. The van der Waals surface area contributed by atoms with E-state index in [9.17, 15) is 15.3 Å². The number of carbonyl (C=O) groups excluding carboxylic acids is 2. The zero-order chi connectivity index (χ0) is 22.5. The maximum atomic E-state index is 11.7. The molecule has 0 saturated heterocycles. The van der Waals surface area contributed by atoms with Gasteiger partial charge >= 0.3 is 0 Å². The van der Waals surface area contributed by atoms with E-state index in [1.807, 2.05) is 18.2 Å². The van der Waals surface area contributed by atoms with Crippen LogP contribution in [0.25, 0.3) is 0 Å². The Morgan fingerprint density at radius 1 is 0.633 bits per heavy atom. The maximum absolute atomic E-state index is 11.7. The summed E-state index contributed by atoms with van der Waals surface area (Å²) in [7, 11) is 0. The Hall–Kier alpha value is -3.70. The third-order valence-electron chi connectivity index (χ3n) is 4.46. The van der Waals surface area contributed by atoms with Crippen LogP contribution in [0.2, 0.25) is 0 Å². The average molecular weight is 406 g/mol. The number of nitrogens with one attached hydrogen (secondary N) is 2. The quantitative estimate of drug-likeness (QED) is 0.327. The molecule has 5 N–H and O–H groups in total. The Morgan fingerprint density at radius 2 is 0.900 bits per heavy atom. The van der Waals surface area contributed by atoms with Crippen LogP contribution in [0, 0.1) is 10.8 Å². The van der Waals surface area contributed by atoms with E-state index in [-0.39, 0.29) is 0 Å². The van der Waals surface area contributed by atoms with Crippen molar-refractivity contribution in [3.8, 4) is 0 Å². The number of hydrogen-bond donors (Lipinski definition) is 5. The molecule has 0 aliphatic carbocycles. The van der Waals surface area contributed by atoms with Crippen LogP contribution in [0.1, 0.15) is 16.7 Å². The number of rotatable bonds is 5. The first kappa shape index (κ1) is 24.3. The Bertz CT molecular complexity index is 901. The van der Waals surface area contributed by atoms with E-state index in [1.165, 1.54) is 0 Å². The van der Waals surface area contributed by atoms with Crippen molar-refractivity contribution in [2.45, 2.75) is 11.2 Å². The molecule has 1 unspecified atom stereocenters. The van der Waals surface area contributed by atoms with Crippen LogP contribution in [-0.2, 0) is 20.8 Å². The highest BCUT2D eigenvalue weighted by Gasteiger charge is 2.52. The average Bonchev–Trinajstić information content (AvgIpc) is 2.81. The molecule has 0 spiro atoms. The van der Waals surface area contributed by atoms with Gasteiger partial charge in [-0.1, -0.05) is 91.0 Å². The van der Waals surface area contributed by atoms with Gasteiger partial charge in [-0.15, -0.1) is 0 Å². The number of benzene rings is 3. The lowest BCUT2D eigenvalue weighted by Crippen LogP contribution is -2.52. The molecule has 0 heterocycles. The van der Waals surface area contributed by atoms with Gasteiger partial charge in [-0.25, -0.2) is 20.4 Å². The molecule has 0 fully saturated rings. The van der Waals surface area contributed by atoms with Gasteiger partial charge in [0.1, 0.15) is 11.2 Å². The molecule has 0 aliphatic rings. The summed E-state index contributed by atoms with van der Waals surface area (Å²) in [5.41, 5.74) is -2.22. The second-order valence-corrected chi connectivity index (χ2v) is 6.03. The van der Waals surface area contributed by atoms with Crippen molar-refractivity contribution < 1.29 is 24.9 Å². The second kappa shape index (κ2) is 12.0. The molecule has 7 heteroatoms. The van der Waals surface area contributed by atoms with Gasteiger partial charge in [0, 0.05) is 0 Å². The summed E-state index contributed by atoms with van der Waals surface area (Å²) in [5, 5.41) is 44.0. The Kier molecular flexibility index (Phi) is 9.73. The van der Waals surface area contributed by atoms with E-state index >= 15 is 0 Å². The van der Waals surface area contributed by atoms with Crippen molar-refractivity contribution in [3.63, 3.8) is 0 Å². The molecule has 7 nitrogen and oxygen atoms in total. The normalized spacial score (nSPS) is 11.8. The molecule has 3 aromatic carbocycles. The van der Waals surface area contributed by atoms with Gasteiger partial charge in [-0.05, 0) is 16.7 Å². The smallest absolute Gasteiger partial charge is 0.231 e. The van der Waals surface area contributed by atoms with E-state index in [2.05, 4.69) is 0 Å². The van der Waals surface area contributed by atoms with E-state index in [4.69, 9.17) is 20.4 Å². The fraction of sp³-hybridized carbons (Fsp3) is 0.130. The van der Waals surface area contributed by atoms with E-state index < -0.39 is 17.8 Å². The van der Waals surface area contributed by atoms with Crippen molar-refractivity contribution in [1.82, 2.24) is 0 Å². The van der Waals surface area contributed by atoms with Gasteiger partial charge in [0.15, 0.2) is 0 Å². The summed E-state index contributed by atoms with van der Waals surface area (Å²) >= 11 is 0. The molecular formula is C23H22N2O5. The first-order chi connectivity index (χ1) is 14.5. The lowest BCUT2D eigenvalue weighted by Gasteiger charge is -2.43. The topological polar surface area (TPSA) is 143 Å². The summed E-state index contributed by atoms with van der Waals surface area (Å²) < 4.78 is 0. The van der Waals surface area contributed by atoms with Crippen LogP contribution in [0.15, 0.2) is 91.0 Å². The predicted molar refractivity (Wildman–Crippen MR) is 110 cm³/mol. The summed E-state index contributed by atoms with van der Waals surface area (Å²) in [6, 6.07) is 26.6. The van der Waals surface area contributed by atoms with Crippen molar-refractivity contribution in [1.29, 1.82) is 10.8 Å².